The SMILES string of the molecule is CNc1cc(-c2ccccc2)oc(=O)c1. The van der Waals surface area contributed by atoms with E-state index in [0.29, 0.717) is 5.76 Å². The first-order valence-electron chi connectivity index (χ1n) is 4.68. The molecule has 2 aromatic rings. The van der Waals surface area contributed by atoms with E-state index >= 15 is 0 Å². The Hall–Kier alpha value is -2.03. The molecule has 3 nitrogen and oxygen atoms in total. The zero-order chi connectivity index (χ0) is 10.7. The summed E-state index contributed by atoms with van der Waals surface area (Å²) in [5.41, 5.74) is 1.30. The van der Waals surface area contributed by atoms with Crippen LogP contribution in [0.15, 0.2) is 51.7 Å². The van der Waals surface area contributed by atoms with Gasteiger partial charge in [0.05, 0.1) is 0 Å². The maximum absolute atomic E-state index is 11.2. The van der Waals surface area contributed by atoms with Gasteiger partial charge in [-0.25, -0.2) is 4.79 Å². The van der Waals surface area contributed by atoms with Gasteiger partial charge in [0, 0.05) is 30.4 Å². The lowest BCUT2D eigenvalue weighted by atomic mass is 10.1. The normalized spacial score (nSPS) is 9.93. The predicted molar refractivity (Wildman–Crippen MR) is 60.0 cm³/mol. The molecule has 76 valence electrons. The van der Waals surface area contributed by atoms with E-state index in [0.717, 1.165) is 11.3 Å². The molecule has 1 heterocycles. The van der Waals surface area contributed by atoms with Crippen molar-refractivity contribution in [2.45, 2.75) is 0 Å². The highest BCUT2D eigenvalue weighted by Crippen LogP contribution is 2.19. The molecule has 3 heteroatoms. The van der Waals surface area contributed by atoms with E-state index in [-0.39, 0.29) is 5.63 Å². The predicted octanol–water partition coefficient (Wildman–Crippen LogP) is 2.35. The molecule has 0 bridgehead atoms. The number of benzene rings is 1. The summed E-state index contributed by atoms with van der Waals surface area (Å²) in [5, 5.41) is 2.92. The second-order valence-electron chi connectivity index (χ2n) is 3.15. The molecular formula is C12H11NO2. The largest absolute Gasteiger partial charge is 0.423 e. The Morgan fingerprint density at radius 3 is 2.53 bits per heavy atom. The number of anilines is 1. The topological polar surface area (TPSA) is 42.2 Å². The third-order valence-electron chi connectivity index (χ3n) is 2.12. The van der Waals surface area contributed by atoms with Gasteiger partial charge in [-0.15, -0.1) is 0 Å². The van der Waals surface area contributed by atoms with Gasteiger partial charge in [-0.2, -0.15) is 0 Å². The maximum Gasteiger partial charge on any atom is 0.338 e. The summed E-state index contributed by atoms with van der Waals surface area (Å²) < 4.78 is 5.11. The number of nitrogens with one attached hydrogen (secondary N) is 1. The molecule has 0 spiro atoms. The second-order valence-corrected chi connectivity index (χ2v) is 3.15. The summed E-state index contributed by atoms with van der Waals surface area (Å²) in [7, 11) is 1.77. The molecule has 0 fully saturated rings. The van der Waals surface area contributed by atoms with Crippen molar-refractivity contribution < 1.29 is 4.42 Å². The average Bonchev–Trinajstić information content (AvgIpc) is 2.29. The van der Waals surface area contributed by atoms with E-state index in [1.165, 1.54) is 6.07 Å². The van der Waals surface area contributed by atoms with Crippen LogP contribution in [0.5, 0.6) is 0 Å². The summed E-state index contributed by atoms with van der Waals surface area (Å²) in [4.78, 5) is 11.2. The van der Waals surface area contributed by atoms with Gasteiger partial charge in [0.2, 0.25) is 0 Å². The highest BCUT2D eigenvalue weighted by atomic mass is 16.4. The third-order valence-corrected chi connectivity index (χ3v) is 2.12. The van der Waals surface area contributed by atoms with Crippen LogP contribution in [0.25, 0.3) is 11.3 Å². The van der Waals surface area contributed by atoms with Gasteiger partial charge < -0.3 is 9.73 Å². The molecular weight excluding hydrogens is 190 g/mol. The smallest absolute Gasteiger partial charge is 0.338 e. The van der Waals surface area contributed by atoms with Gasteiger partial charge in [-0.1, -0.05) is 30.3 Å². The summed E-state index contributed by atoms with van der Waals surface area (Å²) in [6.07, 6.45) is 0. The molecule has 1 aromatic carbocycles. The van der Waals surface area contributed by atoms with Crippen LogP contribution in [-0.4, -0.2) is 7.05 Å². The van der Waals surface area contributed by atoms with E-state index in [9.17, 15) is 4.79 Å². The lowest BCUT2D eigenvalue weighted by molar-refractivity contribution is 0.526. The molecule has 0 atom stereocenters. The van der Waals surface area contributed by atoms with Crippen molar-refractivity contribution in [3.8, 4) is 11.3 Å². The van der Waals surface area contributed by atoms with Crippen LogP contribution in [0.1, 0.15) is 0 Å². The van der Waals surface area contributed by atoms with Crippen LogP contribution in [0.3, 0.4) is 0 Å². The molecule has 2 rings (SSSR count). The highest BCUT2D eigenvalue weighted by Gasteiger charge is 2.02. The van der Waals surface area contributed by atoms with Gasteiger partial charge in [0.25, 0.3) is 0 Å². The summed E-state index contributed by atoms with van der Waals surface area (Å²) in [5.74, 6) is 0.576. The van der Waals surface area contributed by atoms with Crippen molar-refractivity contribution >= 4 is 5.69 Å². The van der Waals surface area contributed by atoms with Gasteiger partial charge >= 0.3 is 5.63 Å². The van der Waals surface area contributed by atoms with Crippen LogP contribution in [-0.2, 0) is 0 Å². The Labute approximate surface area is 87.4 Å². The quantitative estimate of drug-likeness (QED) is 0.810. The minimum Gasteiger partial charge on any atom is -0.423 e. The van der Waals surface area contributed by atoms with Crippen molar-refractivity contribution in [2.24, 2.45) is 0 Å². The summed E-state index contributed by atoms with van der Waals surface area (Å²) >= 11 is 0. The van der Waals surface area contributed by atoms with E-state index in [1.807, 2.05) is 30.3 Å². The fourth-order valence-corrected chi connectivity index (χ4v) is 1.37. The number of hydrogen-bond donors (Lipinski definition) is 1. The molecule has 0 saturated heterocycles. The Bertz CT molecular complexity index is 503. The van der Waals surface area contributed by atoms with Crippen molar-refractivity contribution in [3.63, 3.8) is 0 Å². The number of rotatable bonds is 2. The lowest BCUT2D eigenvalue weighted by Gasteiger charge is -2.02. The highest BCUT2D eigenvalue weighted by molar-refractivity contribution is 5.61. The molecule has 0 amide bonds. The van der Waals surface area contributed by atoms with Crippen LogP contribution in [0, 0.1) is 0 Å². The first-order chi connectivity index (χ1) is 7.29. The van der Waals surface area contributed by atoms with Gasteiger partial charge in [-0.05, 0) is 0 Å². The molecule has 1 aromatic heterocycles. The minimum atomic E-state index is -0.347. The zero-order valence-corrected chi connectivity index (χ0v) is 8.36. The Balaban J connectivity index is 2.54. The Morgan fingerprint density at radius 2 is 1.87 bits per heavy atom. The van der Waals surface area contributed by atoms with Crippen LogP contribution in [0.4, 0.5) is 5.69 Å². The van der Waals surface area contributed by atoms with Crippen LogP contribution >= 0.6 is 0 Å². The molecule has 0 aliphatic carbocycles. The van der Waals surface area contributed by atoms with E-state index in [1.54, 1.807) is 13.1 Å². The van der Waals surface area contributed by atoms with Crippen molar-refractivity contribution in [3.05, 3.63) is 52.9 Å². The second kappa shape index (κ2) is 4.00. The fourth-order valence-electron chi connectivity index (χ4n) is 1.37. The van der Waals surface area contributed by atoms with Crippen molar-refractivity contribution in [1.82, 2.24) is 0 Å². The third kappa shape index (κ3) is 2.07. The van der Waals surface area contributed by atoms with Gasteiger partial charge in [-0.3, -0.25) is 0 Å². The first-order valence-corrected chi connectivity index (χ1v) is 4.68. The number of hydrogen-bond acceptors (Lipinski definition) is 3. The Kier molecular flexibility index (Phi) is 2.54. The molecule has 0 saturated carbocycles. The standard InChI is InChI=1S/C12H11NO2/c1-13-10-7-11(15-12(14)8-10)9-5-3-2-4-6-9/h2-8,13H,1H3. The summed E-state index contributed by atoms with van der Waals surface area (Å²) in [6.45, 7) is 0. The molecule has 0 radical (unpaired) electrons. The monoisotopic (exact) mass is 201 g/mol. The molecule has 0 aliphatic heterocycles. The molecule has 0 unspecified atom stereocenters. The molecule has 1 N–H and O–H groups in total. The van der Waals surface area contributed by atoms with Gasteiger partial charge in [0.15, 0.2) is 0 Å². The van der Waals surface area contributed by atoms with Crippen LogP contribution < -0.4 is 10.9 Å². The van der Waals surface area contributed by atoms with Crippen LogP contribution in [0.2, 0.25) is 0 Å². The van der Waals surface area contributed by atoms with E-state index < -0.39 is 0 Å². The minimum absolute atomic E-state index is 0.347. The van der Waals surface area contributed by atoms with E-state index in [4.69, 9.17) is 4.42 Å². The lowest BCUT2D eigenvalue weighted by Crippen LogP contribution is -2.00. The van der Waals surface area contributed by atoms with E-state index in [2.05, 4.69) is 5.32 Å². The zero-order valence-electron chi connectivity index (χ0n) is 8.36. The molecule has 0 aliphatic rings. The average molecular weight is 201 g/mol. The summed E-state index contributed by atoms with van der Waals surface area (Å²) in [6, 6.07) is 12.8. The van der Waals surface area contributed by atoms with Gasteiger partial charge in [0.1, 0.15) is 5.76 Å². The maximum atomic E-state index is 11.2. The van der Waals surface area contributed by atoms with Crippen molar-refractivity contribution in [2.75, 3.05) is 12.4 Å². The molecule has 15 heavy (non-hydrogen) atoms. The first kappa shape index (κ1) is 9.52. The van der Waals surface area contributed by atoms with Crippen molar-refractivity contribution in [1.29, 1.82) is 0 Å². The fraction of sp³-hybridized carbons (Fsp3) is 0.0833. The Morgan fingerprint density at radius 1 is 1.13 bits per heavy atom.